The quantitative estimate of drug-likeness (QED) is 0.680. The van der Waals surface area contributed by atoms with Gasteiger partial charge in [-0.25, -0.2) is 0 Å². The average Bonchev–Trinajstić information content (AvgIpc) is 3.05. The zero-order valence-electron chi connectivity index (χ0n) is 12.9. The van der Waals surface area contributed by atoms with E-state index in [2.05, 4.69) is 45.8 Å². The molecule has 0 amide bonds. The fraction of sp³-hybridized carbons (Fsp3) is 0.278. The first-order chi connectivity index (χ1) is 11.2. The van der Waals surface area contributed by atoms with Crippen LogP contribution in [0.5, 0.6) is 5.75 Å². The Labute approximate surface area is 133 Å². The van der Waals surface area contributed by atoms with Gasteiger partial charge in [-0.05, 0) is 53.8 Å². The fourth-order valence-corrected chi connectivity index (χ4v) is 4.07. The zero-order chi connectivity index (χ0) is 15.6. The Morgan fingerprint density at radius 1 is 1.26 bits per heavy atom. The van der Waals surface area contributed by atoms with Gasteiger partial charge in [0.15, 0.2) is 5.82 Å². The van der Waals surface area contributed by atoms with Crippen LogP contribution < -0.4 is 15.8 Å². The number of nitrogens with zero attached hydrogens (tertiary/aromatic N) is 1. The minimum absolute atomic E-state index is 0.198. The van der Waals surface area contributed by atoms with Crippen molar-refractivity contribution in [2.75, 3.05) is 24.7 Å². The first-order valence-electron chi connectivity index (χ1n) is 7.87. The summed E-state index contributed by atoms with van der Waals surface area (Å²) in [6.07, 6.45) is 1.16. The van der Waals surface area contributed by atoms with E-state index in [1.54, 1.807) is 7.11 Å². The summed E-state index contributed by atoms with van der Waals surface area (Å²) >= 11 is 0. The Morgan fingerprint density at radius 2 is 2.17 bits per heavy atom. The second-order valence-electron chi connectivity index (χ2n) is 6.59. The third kappa shape index (κ3) is 1.64. The van der Waals surface area contributed by atoms with Crippen molar-refractivity contribution in [2.45, 2.75) is 17.8 Å². The van der Waals surface area contributed by atoms with Gasteiger partial charge in [-0.3, -0.25) is 5.10 Å². The molecule has 116 valence electrons. The van der Waals surface area contributed by atoms with Crippen LogP contribution in [0.3, 0.4) is 0 Å². The molecule has 0 saturated heterocycles. The number of methoxy groups -OCH3 is 1. The van der Waals surface area contributed by atoms with Gasteiger partial charge in [0.25, 0.3) is 0 Å². The van der Waals surface area contributed by atoms with Crippen molar-refractivity contribution in [2.24, 2.45) is 0 Å². The fourth-order valence-electron chi connectivity index (χ4n) is 4.07. The highest BCUT2D eigenvalue weighted by Crippen LogP contribution is 2.64. The van der Waals surface area contributed by atoms with Crippen LogP contribution in [0.15, 0.2) is 36.4 Å². The van der Waals surface area contributed by atoms with Gasteiger partial charge < -0.3 is 15.8 Å². The van der Waals surface area contributed by atoms with Crippen LogP contribution in [0.2, 0.25) is 0 Å². The number of nitrogen functional groups attached to an aromatic ring is 1. The van der Waals surface area contributed by atoms with Crippen molar-refractivity contribution < 1.29 is 4.74 Å². The normalized spacial score (nSPS) is 24.7. The molecule has 2 aliphatic rings. The van der Waals surface area contributed by atoms with E-state index in [0.29, 0.717) is 11.7 Å². The average molecular weight is 306 g/mol. The van der Waals surface area contributed by atoms with Crippen LogP contribution in [0.1, 0.15) is 23.5 Å². The maximum absolute atomic E-state index is 5.86. The number of H-pyrrole nitrogens is 1. The molecule has 1 fully saturated rings. The van der Waals surface area contributed by atoms with Gasteiger partial charge in [-0.2, -0.15) is 5.10 Å². The lowest BCUT2D eigenvalue weighted by Crippen LogP contribution is -2.12. The summed E-state index contributed by atoms with van der Waals surface area (Å²) in [5.74, 6) is 2.02. The van der Waals surface area contributed by atoms with E-state index in [9.17, 15) is 0 Å². The number of fused-ring (bicyclic) bond motifs is 3. The Hall–Kier alpha value is -2.69. The van der Waals surface area contributed by atoms with Crippen LogP contribution in [-0.2, 0) is 5.41 Å². The number of rotatable bonds is 2. The standard InChI is InChI=1S/C18H18N4O/c1-23-11-3-5-15-13(7-11)18(9-20-15)8-14(18)10-2-4-12-16(6-10)21-22-17(12)19/h2-7,14,20H,8-9H2,1H3,(H3,19,21,22)/t14-,18-/m0/s1. The number of nitrogens with one attached hydrogen (secondary N) is 2. The molecule has 5 nitrogen and oxygen atoms in total. The van der Waals surface area contributed by atoms with Crippen LogP contribution in [0.4, 0.5) is 11.5 Å². The third-order valence-electron chi connectivity index (χ3n) is 5.45. The smallest absolute Gasteiger partial charge is 0.153 e. The number of aromatic amines is 1. The van der Waals surface area contributed by atoms with Gasteiger partial charge in [0, 0.05) is 23.0 Å². The third-order valence-corrected chi connectivity index (χ3v) is 5.45. The van der Waals surface area contributed by atoms with Crippen LogP contribution in [-0.4, -0.2) is 23.9 Å². The maximum atomic E-state index is 5.86. The van der Waals surface area contributed by atoms with Gasteiger partial charge in [-0.15, -0.1) is 0 Å². The molecule has 3 aromatic rings. The van der Waals surface area contributed by atoms with Gasteiger partial charge >= 0.3 is 0 Å². The van der Waals surface area contributed by atoms with Gasteiger partial charge in [0.2, 0.25) is 0 Å². The van der Waals surface area contributed by atoms with Crippen LogP contribution in [0, 0.1) is 0 Å². The van der Waals surface area contributed by atoms with Crippen molar-refractivity contribution in [3.63, 3.8) is 0 Å². The summed E-state index contributed by atoms with van der Waals surface area (Å²) in [5, 5.41) is 11.6. The van der Waals surface area contributed by atoms with Crippen molar-refractivity contribution in [1.29, 1.82) is 0 Å². The molecular weight excluding hydrogens is 288 g/mol. The molecule has 4 N–H and O–H groups in total. The number of anilines is 2. The van der Waals surface area contributed by atoms with E-state index in [1.807, 2.05) is 6.07 Å². The summed E-state index contributed by atoms with van der Waals surface area (Å²) in [4.78, 5) is 0. The zero-order valence-corrected chi connectivity index (χ0v) is 12.9. The second kappa shape index (κ2) is 4.19. The predicted octanol–water partition coefficient (Wildman–Crippen LogP) is 3.00. The van der Waals surface area contributed by atoms with E-state index in [1.165, 1.54) is 16.8 Å². The Bertz CT molecular complexity index is 932. The molecule has 23 heavy (non-hydrogen) atoms. The van der Waals surface area contributed by atoms with Crippen LogP contribution >= 0.6 is 0 Å². The molecule has 1 aromatic heterocycles. The van der Waals surface area contributed by atoms with Crippen molar-refractivity contribution in [3.8, 4) is 5.75 Å². The molecule has 0 radical (unpaired) electrons. The first-order valence-corrected chi connectivity index (χ1v) is 7.87. The highest BCUT2D eigenvalue weighted by Gasteiger charge is 2.59. The van der Waals surface area contributed by atoms with E-state index in [0.717, 1.165) is 29.6 Å². The SMILES string of the molecule is COc1ccc2c(c1)[C@@]1(CN2)C[C@H]1c1ccc2c(N)n[nH]c2c1. The number of nitrogens with two attached hydrogens (primary N) is 1. The maximum Gasteiger partial charge on any atom is 0.153 e. The molecule has 1 aliphatic carbocycles. The van der Waals surface area contributed by atoms with Gasteiger partial charge in [0.05, 0.1) is 12.6 Å². The lowest BCUT2D eigenvalue weighted by atomic mass is 9.92. The van der Waals surface area contributed by atoms with E-state index >= 15 is 0 Å². The van der Waals surface area contributed by atoms with Gasteiger partial charge in [0.1, 0.15) is 5.75 Å². The summed E-state index contributed by atoms with van der Waals surface area (Å²) in [5.41, 5.74) is 11.0. The molecule has 2 aromatic carbocycles. The van der Waals surface area contributed by atoms with Crippen molar-refractivity contribution in [3.05, 3.63) is 47.5 Å². The molecule has 1 aliphatic heterocycles. The highest BCUT2D eigenvalue weighted by atomic mass is 16.5. The largest absolute Gasteiger partial charge is 0.497 e. The number of ether oxygens (including phenoxy) is 1. The first kappa shape index (κ1) is 12.8. The Kier molecular flexibility index (Phi) is 2.33. The molecule has 0 bridgehead atoms. The molecule has 1 spiro atoms. The molecular formula is C18H18N4O. The van der Waals surface area contributed by atoms with Crippen molar-refractivity contribution in [1.82, 2.24) is 10.2 Å². The minimum atomic E-state index is 0.198. The van der Waals surface area contributed by atoms with E-state index < -0.39 is 0 Å². The molecule has 0 unspecified atom stereocenters. The van der Waals surface area contributed by atoms with Crippen molar-refractivity contribution >= 4 is 22.4 Å². The highest BCUT2D eigenvalue weighted by molar-refractivity contribution is 5.89. The van der Waals surface area contributed by atoms with Gasteiger partial charge in [-0.1, -0.05) is 6.07 Å². The lowest BCUT2D eigenvalue weighted by molar-refractivity contribution is 0.414. The molecule has 2 atom stereocenters. The lowest BCUT2D eigenvalue weighted by Gasteiger charge is -2.11. The van der Waals surface area contributed by atoms with Crippen LogP contribution in [0.25, 0.3) is 10.9 Å². The second-order valence-corrected chi connectivity index (χ2v) is 6.59. The number of benzene rings is 2. The molecule has 5 rings (SSSR count). The summed E-state index contributed by atoms with van der Waals surface area (Å²) in [6.45, 7) is 0.989. The van der Waals surface area contributed by atoms with E-state index in [4.69, 9.17) is 10.5 Å². The molecule has 5 heteroatoms. The summed E-state index contributed by atoms with van der Waals surface area (Å²) < 4.78 is 5.41. The summed E-state index contributed by atoms with van der Waals surface area (Å²) in [6, 6.07) is 12.8. The summed E-state index contributed by atoms with van der Waals surface area (Å²) in [7, 11) is 1.72. The Balaban J connectivity index is 1.56. The number of hydrogen-bond donors (Lipinski definition) is 3. The molecule has 2 heterocycles. The number of hydrogen-bond acceptors (Lipinski definition) is 4. The predicted molar refractivity (Wildman–Crippen MR) is 91.0 cm³/mol. The van der Waals surface area contributed by atoms with E-state index in [-0.39, 0.29) is 5.41 Å². The Morgan fingerprint density at radius 3 is 3.04 bits per heavy atom. The topological polar surface area (TPSA) is 76.0 Å². The number of aromatic nitrogens is 2. The molecule has 1 saturated carbocycles. The minimum Gasteiger partial charge on any atom is -0.497 e. The monoisotopic (exact) mass is 306 g/mol.